The molecule has 6 nitrogen and oxygen atoms in total. The lowest BCUT2D eigenvalue weighted by Crippen LogP contribution is -2.38. The lowest BCUT2D eigenvalue weighted by Gasteiger charge is -2.27. The Hall–Kier alpha value is -2.08. The summed E-state index contributed by atoms with van der Waals surface area (Å²) < 4.78 is 7.64. The zero-order valence-electron chi connectivity index (χ0n) is 14.1. The summed E-state index contributed by atoms with van der Waals surface area (Å²) in [6, 6.07) is 3.92. The minimum Gasteiger partial charge on any atom is -0.468 e. The number of hydrogen-bond acceptors (Lipinski definition) is 4. The standard InChI is InChI=1S/C18H24N4O2/c1-20(12-16-3-2-8-24-16)9-14-10-21-7-6-19-17(21)13-22(11-14)18(23)15-4-5-15/h2-3,6-8,14-15H,4-5,9-13H2,1H3. The van der Waals surface area contributed by atoms with Gasteiger partial charge in [0.2, 0.25) is 5.91 Å². The Morgan fingerprint density at radius 1 is 1.42 bits per heavy atom. The largest absolute Gasteiger partial charge is 0.468 e. The van der Waals surface area contributed by atoms with Crippen LogP contribution in [0.15, 0.2) is 35.2 Å². The van der Waals surface area contributed by atoms with Gasteiger partial charge in [-0.2, -0.15) is 0 Å². The molecule has 1 aliphatic heterocycles. The van der Waals surface area contributed by atoms with Crippen LogP contribution < -0.4 is 0 Å². The highest BCUT2D eigenvalue weighted by Gasteiger charge is 2.36. The lowest BCUT2D eigenvalue weighted by atomic mass is 10.1. The molecule has 1 atom stereocenters. The van der Waals surface area contributed by atoms with E-state index in [1.165, 1.54) is 0 Å². The first-order valence-electron chi connectivity index (χ1n) is 8.69. The van der Waals surface area contributed by atoms with Crippen LogP contribution in [0.4, 0.5) is 0 Å². The molecule has 6 heteroatoms. The van der Waals surface area contributed by atoms with Crippen molar-refractivity contribution in [2.45, 2.75) is 32.5 Å². The summed E-state index contributed by atoms with van der Waals surface area (Å²) in [5, 5.41) is 0. The molecule has 3 heterocycles. The smallest absolute Gasteiger partial charge is 0.226 e. The number of hydrogen-bond donors (Lipinski definition) is 0. The first-order chi connectivity index (χ1) is 11.7. The van der Waals surface area contributed by atoms with E-state index >= 15 is 0 Å². The van der Waals surface area contributed by atoms with Gasteiger partial charge in [-0.05, 0) is 32.0 Å². The molecule has 1 fully saturated rings. The molecule has 0 radical (unpaired) electrons. The number of imidazole rings is 1. The van der Waals surface area contributed by atoms with E-state index in [2.05, 4.69) is 21.5 Å². The molecular weight excluding hydrogens is 304 g/mol. The van der Waals surface area contributed by atoms with E-state index in [-0.39, 0.29) is 5.92 Å². The highest BCUT2D eigenvalue weighted by molar-refractivity contribution is 5.81. The molecule has 0 N–H and O–H groups in total. The SMILES string of the molecule is CN(Cc1ccco1)CC1CN(C(=O)C2CC2)Cc2nccn2C1. The average molecular weight is 328 g/mol. The Kier molecular flexibility index (Phi) is 4.14. The fourth-order valence-electron chi connectivity index (χ4n) is 3.59. The van der Waals surface area contributed by atoms with Gasteiger partial charge in [-0.1, -0.05) is 0 Å². The van der Waals surface area contributed by atoms with Crippen LogP contribution in [0.5, 0.6) is 0 Å². The van der Waals surface area contributed by atoms with Gasteiger partial charge in [0, 0.05) is 43.9 Å². The molecule has 1 amide bonds. The third-order valence-electron chi connectivity index (χ3n) is 4.88. The molecule has 24 heavy (non-hydrogen) atoms. The normalized spacial score (nSPS) is 20.9. The number of fused-ring (bicyclic) bond motifs is 1. The molecular formula is C18H24N4O2. The molecule has 1 saturated carbocycles. The summed E-state index contributed by atoms with van der Waals surface area (Å²) in [4.78, 5) is 21.3. The zero-order chi connectivity index (χ0) is 16.5. The van der Waals surface area contributed by atoms with Gasteiger partial charge in [-0.25, -0.2) is 4.98 Å². The number of carbonyl (C=O) groups excluding carboxylic acids is 1. The average Bonchev–Trinajstić information content (AvgIpc) is 3.18. The van der Waals surface area contributed by atoms with Gasteiger partial charge in [-0.3, -0.25) is 9.69 Å². The topological polar surface area (TPSA) is 54.5 Å². The minimum atomic E-state index is 0.257. The van der Waals surface area contributed by atoms with Crippen LogP contribution in [0.2, 0.25) is 0 Å². The van der Waals surface area contributed by atoms with Gasteiger partial charge >= 0.3 is 0 Å². The second-order valence-electron chi connectivity index (χ2n) is 7.13. The van der Waals surface area contributed by atoms with Crippen molar-refractivity contribution >= 4 is 5.91 Å². The van der Waals surface area contributed by atoms with Crippen molar-refractivity contribution in [1.82, 2.24) is 19.4 Å². The van der Waals surface area contributed by atoms with Crippen LogP contribution in [0, 0.1) is 11.8 Å². The van der Waals surface area contributed by atoms with Crippen LogP contribution in [-0.4, -0.2) is 45.4 Å². The summed E-state index contributed by atoms with van der Waals surface area (Å²) in [6.45, 7) is 4.07. The fourth-order valence-corrected chi connectivity index (χ4v) is 3.59. The molecule has 1 aliphatic carbocycles. The van der Waals surface area contributed by atoms with Gasteiger partial charge in [-0.15, -0.1) is 0 Å². The van der Waals surface area contributed by atoms with Crippen molar-refractivity contribution in [3.8, 4) is 0 Å². The van der Waals surface area contributed by atoms with E-state index in [1.54, 1.807) is 6.26 Å². The Balaban J connectivity index is 1.45. The quantitative estimate of drug-likeness (QED) is 0.842. The molecule has 128 valence electrons. The van der Waals surface area contributed by atoms with Crippen LogP contribution >= 0.6 is 0 Å². The molecule has 0 saturated heterocycles. The predicted molar refractivity (Wildman–Crippen MR) is 88.9 cm³/mol. The second kappa shape index (κ2) is 6.43. The number of amides is 1. The molecule has 0 bridgehead atoms. The van der Waals surface area contributed by atoms with Crippen LogP contribution in [-0.2, 0) is 24.4 Å². The molecule has 2 aromatic rings. The summed E-state index contributed by atoms with van der Waals surface area (Å²) in [5.41, 5.74) is 0. The number of carbonyl (C=O) groups is 1. The summed E-state index contributed by atoms with van der Waals surface area (Å²) in [7, 11) is 2.11. The zero-order valence-corrected chi connectivity index (χ0v) is 14.1. The molecule has 1 unspecified atom stereocenters. The van der Waals surface area contributed by atoms with Crippen molar-refractivity contribution < 1.29 is 9.21 Å². The van der Waals surface area contributed by atoms with E-state index in [0.717, 1.165) is 50.6 Å². The Labute approximate surface area is 142 Å². The Morgan fingerprint density at radius 3 is 3.04 bits per heavy atom. The first kappa shape index (κ1) is 15.4. The van der Waals surface area contributed by atoms with E-state index in [1.807, 2.05) is 29.4 Å². The number of furan rings is 1. The maximum atomic E-state index is 12.6. The van der Waals surface area contributed by atoms with Crippen LogP contribution in [0.25, 0.3) is 0 Å². The van der Waals surface area contributed by atoms with Crippen LogP contribution in [0.3, 0.4) is 0 Å². The van der Waals surface area contributed by atoms with Crippen molar-refractivity contribution in [1.29, 1.82) is 0 Å². The number of rotatable bonds is 5. The fraction of sp³-hybridized carbons (Fsp3) is 0.556. The highest BCUT2D eigenvalue weighted by Crippen LogP contribution is 2.32. The van der Waals surface area contributed by atoms with Gasteiger partial charge in [0.05, 0.1) is 19.4 Å². The number of aromatic nitrogens is 2. The summed E-state index contributed by atoms with van der Waals surface area (Å²) >= 11 is 0. The third-order valence-corrected chi connectivity index (χ3v) is 4.88. The van der Waals surface area contributed by atoms with Crippen molar-refractivity contribution in [2.75, 3.05) is 20.1 Å². The van der Waals surface area contributed by atoms with Crippen molar-refractivity contribution in [3.63, 3.8) is 0 Å². The predicted octanol–water partition coefficient (Wildman–Crippen LogP) is 1.98. The maximum Gasteiger partial charge on any atom is 0.226 e. The minimum absolute atomic E-state index is 0.257. The molecule has 2 aromatic heterocycles. The summed E-state index contributed by atoms with van der Waals surface area (Å²) in [5.74, 6) is 2.93. The van der Waals surface area contributed by atoms with Crippen LogP contribution in [0.1, 0.15) is 24.4 Å². The van der Waals surface area contributed by atoms with Gasteiger partial charge in [0.25, 0.3) is 0 Å². The number of nitrogens with zero attached hydrogens (tertiary/aromatic N) is 4. The van der Waals surface area contributed by atoms with Crippen molar-refractivity contribution in [2.24, 2.45) is 11.8 Å². The second-order valence-corrected chi connectivity index (χ2v) is 7.13. The first-order valence-corrected chi connectivity index (χ1v) is 8.69. The monoisotopic (exact) mass is 328 g/mol. The van der Waals surface area contributed by atoms with E-state index in [0.29, 0.717) is 18.4 Å². The molecule has 2 aliphatic rings. The van der Waals surface area contributed by atoms with E-state index in [4.69, 9.17) is 4.42 Å². The third kappa shape index (κ3) is 3.38. The van der Waals surface area contributed by atoms with E-state index < -0.39 is 0 Å². The highest BCUT2D eigenvalue weighted by atomic mass is 16.3. The Bertz CT molecular complexity index is 690. The van der Waals surface area contributed by atoms with E-state index in [9.17, 15) is 4.79 Å². The van der Waals surface area contributed by atoms with Gasteiger partial charge < -0.3 is 13.9 Å². The van der Waals surface area contributed by atoms with Gasteiger partial charge in [0.1, 0.15) is 11.6 Å². The maximum absolute atomic E-state index is 12.6. The Morgan fingerprint density at radius 2 is 2.29 bits per heavy atom. The molecule has 4 rings (SSSR count). The lowest BCUT2D eigenvalue weighted by molar-refractivity contribution is -0.133. The molecule has 0 aromatic carbocycles. The van der Waals surface area contributed by atoms with Gasteiger partial charge in [0.15, 0.2) is 0 Å². The summed E-state index contributed by atoms with van der Waals surface area (Å²) in [6.07, 6.45) is 7.67. The van der Waals surface area contributed by atoms with Crippen molar-refractivity contribution in [3.05, 3.63) is 42.4 Å². The molecule has 0 spiro atoms.